The van der Waals surface area contributed by atoms with Crippen LogP contribution < -0.4 is 15.4 Å². The molecule has 1 aromatic rings. The molecule has 0 radical (unpaired) electrons. The van der Waals surface area contributed by atoms with Crippen LogP contribution in [0.5, 0.6) is 5.75 Å². The van der Waals surface area contributed by atoms with Crippen LogP contribution in [0.3, 0.4) is 0 Å². The molecule has 98 valence electrons. The van der Waals surface area contributed by atoms with E-state index in [-0.39, 0.29) is 0 Å². The summed E-state index contributed by atoms with van der Waals surface area (Å²) in [4.78, 5) is 2.56. The lowest BCUT2D eigenvalue weighted by Crippen LogP contribution is -2.42. The minimum atomic E-state index is 0.727. The lowest BCUT2D eigenvalue weighted by molar-refractivity contribution is 0.361. The first kappa shape index (κ1) is 11.7. The molecule has 1 aromatic carbocycles. The molecule has 0 aromatic heterocycles. The van der Waals surface area contributed by atoms with Gasteiger partial charge in [0.2, 0.25) is 0 Å². The van der Waals surface area contributed by atoms with Gasteiger partial charge in [-0.15, -0.1) is 0 Å². The van der Waals surface area contributed by atoms with Crippen LogP contribution in [0.4, 0.5) is 11.4 Å². The van der Waals surface area contributed by atoms with Gasteiger partial charge in [-0.25, -0.2) is 0 Å². The second-order valence-corrected chi connectivity index (χ2v) is 5.56. The molecule has 18 heavy (non-hydrogen) atoms. The Morgan fingerprint density at radius 2 is 2.00 bits per heavy atom. The number of hydrogen-bond acceptors (Lipinski definition) is 3. The molecule has 2 aliphatic rings. The maximum atomic E-state index is 5.97. The van der Waals surface area contributed by atoms with E-state index >= 15 is 0 Å². The Morgan fingerprint density at radius 1 is 1.17 bits per heavy atom. The number of benzene rings is 1. The molecule has 0 bridgehead atoms. The third-order valence-corrected chi connectivity index (χ3v) is 4.47. The van der Waals surface area contributed by atoms with E-state index in [1.807, 2.05) is 6.07 Å². The summed E-state index contributed by atoms with van der Waals surface area (Å²) in [6.45, 7) is 1.16. The van der Waals surface area contributed by atoms with Crippen molar-refractivity contribution in [1.82, 2.24) is 0 Å². The maximum absolute atomic E-state index is 5.97. The molecule has 1 saturated heterocycles. The zero-order valence-electron chi connectivity index (χ0n) is 11.1. The fourth-order valence-electron chi connectivity index (χ4n) is 3.66. The summed E-state index contributed by atoms with van der Waals surface area (Å²) >= 11 is 0. The summed E-state index contributed by atoms with van der Waals surface area (Å²) in [6, 6.07) is 6.82. The lowest BCUT2D eigenvalue weighted by Gasteiger charge is -2.39. The highest BCUT2D eigenvalue weighted by Gasteiger charge is 2.35. The smallest absolute Gasteiger partial charge is 0.122 e. The Morgan fingerprint density at radius 3 is 2.83 bits per heavy atom. The molecular weight excluding hydrogens is 224 g/mol. The van der Waals surface area contributed by atoms with Gasteiger partial charge in [0.1, 0.15) is 5.75 Å². The standard InChI is InChI=1S/C15H22N2O/c1-18-14-9-12(16)8-13(10-14)17-7-3-5-11-4-2-6-15(11)17/h8-11,15H,2-7,16H2,1H3. The van der Waals surface area contributed by atoms with Gasteiger partial charge in [0.15, 0.2) is 0 Å². The van der Waals surface area contributed by atoms with Gasteiger partial charge in [0, 0.05) is 36.1 Å². The van der Waals surface area contributed by atoms with E-state index in [9.17, 15) is 0 Å². The molecule has 2 N–H and O–H groups in total. The van der Waals surface area contributed by atoms with E-state index in [0.717, 1.165) is 29.9 Å². The van der Waals surface area contributed by atoms with Crippen LogP contribution in [0.2, 0.25) is 0 Å². The monoisotopic (exact) mass is 246 g/mol. The van der Waals surface area contributed by atoms with Gasteiger partial charge in [0.05, 0.1) is 7.11 Å². The van der Waals surface area contributed by atoms with Gasteiger partial charge in [-0.3, -0.25) is 0 Å². The van der Waals surface area contributed by atoms with Gasteiger partial charge in [-0.05, 0) is 37.7 Å². The van der Waals surface area contributed by atoms with Crippen LogP contribution in [-0.2, 0) is 0 Å². The zero-order valence-corrected chi connectivity index (χ0v) is 11.1. The summed E-state index contributed by atoms with van der Waals surface area (Å²) in [5, 5.41) is 0. The fourth-order valence-corrected chi connectivity index (χ4v) is 3.66. The zero-order chi connectivity index (χ0) is 12.5. The van der Waals surface area contributed by atoms with Crippen molar-refractivity contribution < 1.29 is 4.74 Å². The fraction of sp³-hybridized carbons (Fsp3) is 0.600. The van der Waals surface area contributed by atoms with Crippen LogP contribution in [0.1, 0.15) is 32.1 Å². The molecular formula is C15H22N2O. The summed E-state index contributed by atoms with van der Waals surface area (Å²) in [7, 11) is 1.70. The number of nitrogen functional groups attached to an aromatic ring is 1. The number of nitrogens with two attached hydrogens (primary N) is 1. The third kappa shape index (κ3) is 2.02. The minimum absolute atomic E-state index is 0.727. The normalized spacial score (nSPS) is 27.1. The molecule has 1 aliphatic carbocycles. The van der Waals surface area contributed by atoms with E-state index in [1.54, 1.807) is 7.11 Å². The molecule has 0 spiro atoms. The van der Waals surface area contributed by atoms with Crippen molar-refractivity contribution in [3.05, 3.63) is 18.2 Å². The number of piperidine rings is 1. The average Bonchev–Trinajstić information content (AvgIpc) is 2.85. The number of ether oxygens (including phenoxy) is 1. The van der Waals surface area contributed by atoms with Crippen molar-refractivity contribution in [2.75, 3.05) is 24.3 Å². The Labute approximate surface area is 109 Å². The number of methoxy groups -OCH3 is 1. The second-order valence-electron chi connectivity index (χ2n) is 5.56. The Kier molecular flexibility index (Phi) is 3.06. The summed E-state index contributed by atoms with van der Waals surface area (Å²) in [5.74, 6) is 1.76. The van der Waals surface area contributed by atoms with Gasteiger partial charge < -0.3 is 15.4 Å². The van der Waals surface area contributed by atoms with Gasteiger partial charge in [-0.1, -0.05) is 6.42 Å². The number of rotatable bonds is 2. The van der Waals surface area contributed by atoms with E-state index in [4.69, 9.17) is 10.5 Å². The molecule has 3 nitrogen and oxygen atoms in total. The summed E-state index contributed by atoms with van der Waals surface area (Å²) < 4.78 is 5.33. The number of nitrogens with zero attached hydrogens (tertiary/aromatic N) is 1. The van der Waals surface area contributed by atoms with E-state index in [1.165, 1.54) is 37.8 Å². The Bertz CT molecular complexity index is 433. The maximum Gasteiger partial charge on any atom is 0.122 e. The van der Waals surface area contributed by atoms with Crippen molar-refractivity contribution in [2.45, 2.75) is 38.1 Å². The first-order valence-electron chi connectivity index (χ1n) is 6.99. The molecule has 1 aliphatic heterocycles. The molecule has 1 saturated carbocycles. The van der Waals surface area contributed by atoms with Crippen molar-refractivity contribution in [3.8, 4) is 5.75 Å². The molecule has 3 rings (SSSR count). The molecule has 1 heterocycles. The van der Waals surface area contributed by atoms with E-state index in [0.29, 0.717) is 0 Å². The molecule has 3 heteroatoms. The minimum Gasteiger partial charge on any atom is -0.497 e. The average molecular weight is 246 g/mol. The van der Waals surface area contributed by atoms with Crippen molar-refractivity contribution >= 4 is 11.4 Å². The quantitative estimate of drug-likeness (QED) is 0.815. The van der Waals surface area contributed by atoms with Crippen LogP contribution in [0.25, 0.3) is 0 Å². The number of fused-ring (bicyclic) bond motifs is 1. The Hall–Kier alpha value is -1.38. The third-order valence-electron chi connectivity index (χ3n) is 4.47. The number of hydrogen-bond donors (Lipinski definition) is 1. The van der Waals surface area contributed by atoms with Crippen molar-refractivity contribution in [1.29, 1.82) is 0 Å². The highest BCUT2D eigenvalue weighted by molar-refractivity contribution is 5.61. The molecule has 2 unspecified atom stereocenters. The lowest BCUT2D eigenvalue weighted by atomic mass is 9.91. The van der Waals surface area contributed by atoms with Crippen LogP contribution >= 0.6 is 0 Å². The van der Waals surface area contributed by atoms with Gasteiger partial charge >= 0.3 is 0 Å². The predicted molar refractivity (Wildman–Crippen MR) is 75.1 cm³/mol. The highest BCUT2D eigenvalue weighted by Crippen LogP contribution is 2.40. The predicted octanol–water partition coefficient (Wildman–Crippen LogP) is 3.05. The largest absolute Gasteiger partial charge is 0.497 e. The van der Waals surface area contributed by atoms with Gasteiger partial charge in [0.25, 0.3) is 0 Å². The Balaban J connectivity index is 1.90. The van der Waals surface area contributed by atoms with Crippen molar-refractivity contribution in [2.24, 2.45) is 5.92 Å². The van der Waals surface area contributed by atoms with Crippen LogP contribution in [0.15, 0.2) is 18.2 Å². The first-order chi connectivity index (χ1) is 8.78. The van der Waals surface area contributed by atoms with Crippen LogP contribution in [-0.4, -0.2) is 19.7 Å². The highest BCUT2D eigenvalue weighted by atomic mass is 16.5. The molecule has 2 fully saturated rings. The SMILES string of the molecule is COc1cc(N)cc(N2CCCC3CCCC32)c1. The topological polar surface area (TPSA) is 38.5 Å². The van der Waals surface area contributed by atoms with Crippen LogP contribution in [0, 0.1) is 5.92 Å². The summed E-state index contributed by atoms with van der Waals surface area (Å²) in [5.41, 5.74) is 8.01. The van der Waals surface area contributed by atoms with E-state index < -0.39 is 0 Å². The van der Waals surface area contributed by atoms with Gasteiger partial charge in [-0.2, -0.15) is 0 Å². The van der Waals surface area contributed by atoms with Crippen molar-refractivity contribution in [3.63, 3.8) is 0 Å². The molecule has 0 amide bonds. The summed E-state index contributed by atoms with van der Waals surface area (Å²) in [6.07, 6.45) is 6.83. The second kappa shape index (κ2) is 4.71. The van der Waals surface area contributed by atoms with E-state index in [2.05, 4.69) is 17.0 Å². The first-order valence-corrected chi connectivity index (χ1v) is 6.99. The molecule has 2 atom stereocenters. The number of anilines is 2.